The van der Waals surface area contributed by atoms with Gasteiger partial charge in [0.15, 0.2) is 0 Å². The van der Waals surface area contributed by atoms with E-state index >= 15 is 0 Å². The molecule has 2 rings (SSSR count). The van der Waals surface area contributed by atoms with Gasteiger partial charge in [0.05, 0.1) is 5.56 Å². The van der Waals surface area contributed by atoms with Gasteiger partial charge < -0.3 is 11.1 Å². The molecule has 92 valence electrons. The summed E-state index contributed by atoms with van der Waals surface area (Å²) in [6, 6.07) is 5.24. The highest BCUT2D eigenvalue weighted by atomic mass is 35.5. The van der Waals surface area contributed by atoms with E-state index in [1.165, 1.54) is 24.4 Å². The molecule has 0 spiro atoms. The monoisotopic (exact) mass is 266 g/mol. The zero-order valence-corrected chi connectivity index (χ0v) is 9.78. The number of nitrogens with two attached hydrogens (primary N) is 1. The summed E-state index contributed by atoms with van der Waals surface area (Å²) in [7, 11) is 0. The maximum absolute atomic E-state index is 13.5. The Balaban J connectivity index is 2.22. The lowest BCUT2D eigenvalue weighted by molar-refractivity contribution is 0.102. The number of hydrogen-bond donors (Lipinski definition) is 2. The van der Waals surface area contributed by atoms with Gasteiger partial charge in [-0.2, -0.15) is 0 Å². The van der Waals surface area contributed by atoms with Crippen LogP contribution in [-0.2, 0) is 0 Å². The first-order chi connectivity index (χ1) is 8.56. The number of carbonyl (C=O) groups excluding carboxylic acids is 1. The molecule has 0 radical (unpaired) electrons. The molecule has 5 nitrogen and oxygen atoms in total. The minimum Gasteiger partial charge on any atom is -0.399 e. The summed E-state index contributed by atoms with van der Waals surface area (Å²) in [6.07, 6.45) is 1.38. The minimum atomic E-state index is -0.701. The first kappa shape index (κ1) is 12.3. The van der Waals surface area contributed by atoms with Crippen molar-refractivity contribution in [2.45, 2.75) is 0 Å². The van der Waals surface area contributed by atoms with E-state index in [4.69, 9.17) is 17.3 Å². The second-order valence-electron chi connectivity index (χ2n) is 3.40. The van der Waals surface area contributed by atoms with Crippen molar-refractivity contribution in [3.8, 4) is 0 Å². The molecule has 1 heterocycles. The van der Waals surface area contributed by atoms with E-state index in [1.807, 2.05) is 0 Å². The van der Waals surface area contributed by atoms with Gasteiger partial charge in [-0.25, -0.2) is 14.4 Å². The van der Waals surface area contributed by atoms with Crippen LogP contribution in [0, 0.1) is 5.82 Å². The fraction of sp³-hybridized carbons (Fsp3) is 0. The number of amides is 1. The SMILES string of the molecule is Nc1ccc(C(=O)Nc2ccnc(Cl)n2)c(F)c1. The lowest BCUT2D eigenvalue weighted by Gasteiger charge is -2.05. The average molecular weight is 267 g/mol. The third kappa shape index (κ3) is 2.72. The summed E-state index contributed by atoms with van der Waals surface area (Å²) in [5.41, 5.74) is 5.51. The van der Waals surface area contributed by atoms with Gasteiger partial charge in [-0.15, -0.1) is 0 Å². The van der Waals surface area contributed by atoms with E-state index in [0.717, 1.165) is 6.07 Å². The first-order valence-electron chi connectivity index (χ1n) is 4.91. The normalized spacial score (nSPS) is 10.1. The lowest BCUT2D eigenvalue weighted by Crippen LogP contribution is -2.15. The van der Waals surface area contributed by atoms with Crippen LogP contribution in [-0.4, -0.2) is 15.9 Å². The molecule has 7 heteroatoms. The van der Waals surface area contributed by atoms with Gasteiger partial charge >= 0.3 is 0 Å². The average Bonchev–Trinajstić information content (AvgIpc) is 2.28. The lowest BCUT2D eigenvalue weighted by atomic mass is 10.2. The van der Waals surface area contributed by atoms with Gasteiger partial charge in [0.2, 0.25) is 5.28 Å². The molecule has 1 aromatic carbocycles. The molecule has 0 aliphatic carbocycles. The Hall–Kier alpha value is -2.21. The number of benzene rings is 1. The molecule has 0 fully saturated rings. The standard InChI is InChI=1S/C11H8ClFN4O/c12-11-15-4-3-9(17-11)16-10(18)7-2-1-6(14)5-8(7)13/h1-5H,14H2,(H,15,16,17,18). The molecule has 1 aromatic heterocycles. The Kier molecular flexibility index (Phi) is 3.38. The number of halogens is 2. The largest absolute Gasteiger partial charge is 0.399 e. The minimum absolute atomic E-state index is 0.00872. The highest BCUT2D eigenvalue weighted by Gasteiger charge is 2.12. The molecular weight excluding hydrogens is 259 g/mol. The second-order valence-corrected chi connectivity index (χ2v) is 3.74. The molecule has 0 unspecified atom stereocenters. The quantitative estimate of drug-likeness (QED) is 0.644. The Morgan fingerprint density at radius 1 is 1.39 bits per heavy atom. The van der Waals surface area contributed by atoms with Crippen LogP contribution in [0.4, 0.5) is 15.9 Å². The van der Waals surface area contributed by atoms with Crippen LogP contribution >= 0.6 is 11.6 Å². The molecule has 0 saturated heterocycles. The second kappa shape index (κ2) is 4.97. The molecule has 3 N–H and O–H groups in total. The molecule has 0 aliphatic rings. The van der Waals surface area contributed by atoms with Gasteiger partial charge in [0, 0.05) is 11.9 Å². The number of anilines is 2. The smallest absolute Gasteiger partial charge is 0.259 e. The molecule has 0 atom stereocenters. The van der Waals surface area contributed by atoms with Crippen molar-refractivity contribution in [3.05, 3.63) is 47.1 Å². The Morgan fingerprint density at radius 2 is 2.17 bits per heavy atom. The maximum Gasteiger partial charge on any atom is 0.259 e. The number of carbonyl (C=O) groups is 1. The number of nitrogen functional groups attached to an aromatic ring is 1. The predicted molar refractivity (Wildman–Crippen MR) is 65.8 cm³/mol. The maximum atomic E-state index is 13.5. The van der Waals surface area contributed by atoms with Crippen LogP contribution in [0.2, 0.25) is 5.28 Å². The van der Waals surface area contributed by atoms with Gasteiger partial charge in [-0.1, -0.05) is 0 Å². The highest BCUT2D eigenvalue weighted by molar-refractivity contribution is 6.28. The predicted octanol–water partition coefficient (Wildman–Crippen LogP) is 2.10. The number of hydrogen-bond acceptors (Lipinski definition) is 4. The summed E-state index contributed by atoms with van der Waals surface area (Å²) in [5.74, 6) is -1.15. The van der Waals surface area contributed by atoms with Crippen LogP contribution in [0.3, 0.4) is 0 Å². The van der Waals surface area contributed by atoms with Crippen molar-refractivity contribution in [3.63, 3.8) is 0 Å². The highest BCUT2D eigenvalue weighted by Crippen LogP contribution is 2.14. The number of nitrogens with zero attached hydrogens (tertiary/aromatic N) is 2. The molecule has 0 saturated carbocycles. The van der Waals surface area contributed by atoms with E-state index < -0.39 is 11.7 Å². The van der Waals surface area contributed by atoms with Gasteiger partial charge in [-0.05, 0) is 35.9 Å². The summed E-state index contributed by atoms with van der Waals surface area (Å²) in [4.78, 5) is 19.2. The zero-order chi connectivity index (χ0) is 13.1. The third-order valence-corrected chi connectivity index (χ3v) is 2.29. The van der Waals surface area contributed by atoms with Crippen LogP contribution in [0.5, 0.6) is 0 Å². The van der Waals surface area contributed by atoms with Gasteiger partial charge in [0.25, 0.3) is 5.91 Å². The molecular formula is C11H8ClFN4O. The summed E-state index contributed by atoms with van der Waals surface area (Å²) in [6.45, 7) is 0. The van der Waals surface area contributed by atoms with Crippen molar-refractivity contribution < 1.29 is 9.18 Å². The first-order valence-corrected chi connectivity index (χ1v) is 5.29. The van der Waals surface area contributed by atoms with Crippen molar-refractivity contribution in [2.24, 2.45) is 0 Å². The summed E-state index contributed by atoms with van der Waals surface area (Å²) >= 11 is 5.56. The van der Waals surface area contributed by atoms with Crippen molar-refractivity contribution in [1.82, 2.24) is 9.97 Å². The Morgan fingerprint density at radius 3 is 2.83 bits per heavy atom. The van der Waals surface area contributed by atoms with E-state index in [9.17, 15) is 9.18 Å². The fourth-order valence-electron chi connectivity index (χ4n) is 1.30. The molecule has 2 aromatic rings. The number of aromatic nitrogens is 2. The van der Waals surface area contributed by atoms with Crippen LogP contribution < -0.4 is 11.1 Å². The topological polar surface area (TPSA) is 80.9 Å². The molecule has 1 amide bonds. The fourth-order valence-corrected chi connectivity index (χ4v) is 1.45. The Bertz CT molecular complexity index is 605. The van der Waals surface area contributed by atoms with Crippen LogP contribution in [0.1, 0.15) is 10.4 Å². The van der Waals surface area contributed by atoms with Crippen LogP contribution in [0.15, 0.2) is 30.5 Å². The van der Waals surface area contributed by atoms with Crippen molar-refractivity contribution in [1.29, 1.82) is 0 Å². The van der Waals surface area contributed by atoms with Crippen LogP contribution in [0.25, 0.3) is 0 Å². The van der Waals surface area contributed by atoms with E-state index in [1.54, 1.807) is 0 Å². The zero-order valence-electron chi connectivity index (χ0n) is 9.02. The van der Waals surface area contributed by atoms with E-state index in [0.29, 0.717) is 0 Å². The summed E-state index contributed by atoms with van der Waals surface area (Å²) in [5, 5.41) is 2.40. The Labute approximate surface area is 107 Å². The number of rotatable bonds is 2. The third-order valence-electron chi connectivity index (χ3n) is 2.11. The van der Waals surface area contributed by atoms with Crippen molar-refractivity contribution in [2.75, 3.05) is 11.1 Å². The molecule has 0 aliphatic heterocycles. The molecule has 18 heavy (non-hydrogen) atoms. The van der Waals surface area contributed by atoms with Gasteiger partial charge in [0.1, 0.15) is 11.6 Å². The molecule has 0 bridgehead atoms. The van der Waals surface area contributed by atoms with Gasteiger partial charge in [-0.3, -0.25) is 4.79 Å². The van der Waals surface area contributed by atoms with E-state index in [-0.39, 0.29) is 22.4 Å². The number of nitrogens with one attached hydrogen (secondary N) is 1. The summed E-state index contributed by atoms with van der Waals surface area (Å²) < 4.78 is 13.5. The van der Waals surface area contributed by atoms with Crippen molar-refractivity contribution >= 4 is 29.0 Å². The van der Waals surface area contributed by atoms with E-state index in [2.05, 4.69) is 15.3 Å².